The van der Waals surface area contributed by atoms with Crippen LogP contribution < -0.4 is 5.32 Å². The summed E-state index contributed by atoms with van der Waals surface area (Å²) in [6, 6.07) is 9.46. The average molecular weight is 475 g/mol. The lowest BCUT2D eigenvalue weighted by Crippen LogP contribution is -2.42. The summed E-state index contributed by atoms with van der Waals surface area (Å²) in [5.74, 6) is -1.91. The third kappa shape index (κ3) is 8.53. The lowest BCUT2D eigenvalue weighted by Gasteiger charge is -2.17. The number of hydrogen-bond acceptors (Lipinski definition) is 9. The summed E-state index contributed by atoms with van der Waals surface area (Å²) in [6.07, 6.45) is -1.15. The van der Waals surface area contributed by atoms with E-state index in [9.17, 15) is 34.6 Å². The summed E-state index contributed by atoms with van der Waals surface area (Å²) >= 11 is 0. The summed E-state index contributed by atoms with van der Waals surface area (Å²) in [5, 5.41) is 32.5. The van der Waals surface area contributed by atoms with Crippen LogP contribution in [0.1, 0.15) is 30.4 Å². The van der Waals surface area contributed by atoms with E-state index in [4.69, 9.17) is 14.6 Å². The quantitative estimate of drug-likeness (QED) is 0.262. The number of carbonyl (C=O) groups is 3. The topological polar surface area (TPSA) is 188 Å². The highest BCUT2D eigenvalue weighted by molar-refractivity contribution is 5.81. The molecule has 0 radical (unpaired) electrons. The highest BCUT2D eigenvalue weighted by atomic mass is 16.6. The van der Waals surface area contributed by atoms with Crippen LogP contribution in [-0.4, -0.2) is 39.0 Å². The number of carboxylic acid groups (broad SMARTS) is 1. The van der Waals surface area contributed by atoms with Crippen molar-refractivity contribution in [1.29, 1.82) is 0 Å². The van der Waals surface area contributed by atoms with E-state index >= 15 is 0 Å². The molecule has 0 saturated heterocycles. The van der Waals surface area contributed by atoms with Gasteiger partial charge in [-0.05, 0) is 48.2 Å². The van der Waals surface area contributed by atoms with E-state index in [2.05, 4.69) is 5.32 Å². The molecular weight excluding hydrogens is 454 g/mol. The van der Waals surface area contributed by atoms with Crippen LogP contribution in [0.25, 0.3) is 0 Å². The van der Waals surface area contributed by atoms with Crippen LogP contribution in [0.15, 0.2) is 48.5 Å². The molecule has 2 aromatic rings. The van der Waals surface area contributed by atoms with E-state index in [1.807, 2.05) is 0 Å². The van der Waals surface area contributed by atoms with Crippen LogP contribution >= 0.6 is 0 Å². The molecule has 13 heteroatoms. The number of alkyl carbamates (subject to hydrolysis) is 1. The Morgan fingerprint density at radius 2 is 1.32 bits per heavy atom. The van der Waals surface area contributed by atoms with Crippen molar-refractivity contribution >= 4 is 29.4 Å². The zero-order valence-corrected chi connectivity index (χ0v) is 17.7. The number of hydrogen-bond donors (Lipinski definition) is 2. The number of benzene rings is 2. The van der Waals surface area contributed by atoms with Crippen LogP contribution in [0.5, 0.6) is 0 Å². The molecule has 0 fully saturated rings. The van der Waals surface area contributed by atoms with Gasteiger partial charge in [0, 0.05) is 30.7 Å². The molecule has 0 aromatic heterocycles. The molecule has 1 amide bonds. The number of nitro benzene ring substituents is 2. The number of esters is 1. The number of amides is 1. The third-order valence-corrected chi connectivity index (χ3v) is 4.51. The standard InChI is InChI=1S/C21H21N3O10/c25-19(26)3-1-2-18(20(27)33-12-14-4-8-16(9-5-14)23(29)30)22-21(28)34-13-15-6-10-17(11-7-15)24(31)32/h4-11,18H,1-3,12-13H2,(H,22,28)(H,25,26)/t18-/m0/s1. The normalized spacial score (nSPS) is 11.2. The van der Waals surface area contributed by atoms with Crippen LogP contribution in [0.3, 0.4) is 0 Å². The Morgan fingerprint density at radius 1 is 0.853 bits per heavy atom. The maximum Gasteiger partial charge on any atom is 0.408 e. The second-order valence-corrected chi connectivity index (χ2v) is 7.01. The molecule has 0 aliphatic heterocycles. The summed E-state index contributed by atoms with van der Waals surface area (Å²) in [7, 11) is 0. The van der Waals surface area contributed by atoms with E-state index < -0.39 is 33.9 Å². The molecule has 0 heterocycles. The predicted molar refractivity (Wildman–Crippen MR) is 115 cm³/mol. The highest BCUT2D eigenvalue weighted by Gasteiger charge is 2.23. The lowest BCUT2D eigenvalue weighted by atomic mass is 10.1. The Kier molecular flexibility index (Phi) is 9.43. The van der Waals surface area contributed by atoms with Gasteiger partial charge in [0.25, 0.3) is 11.4 Å². The zero-order chi connectivity index (χ0) is 25.1. The maximum atomic E-state index is 12.5. The summed E-state index contributed by atoms with van der Waals surface area (Å²) in [5.41, 5.74) is 0.703. The molecule has 0 saturated carbocycles. The van der Waals surface area contributed by atoms with E-state index in [1.165, 1.54) is 48.5 Å². The fourth-order valence-electron chi connectivity index (χ4n) is 2.72. The van der Waals surface area contributed by atoms with E-state index in [1.54, 1.807) is 0 Å². The summed E-state index contributed by atoms with van der Waals surface area (Å²) < 4.78 is 10.2. The van der Waals surface area contributed by atoms with Crippen molar-refractivity contribution < 1.29 is 38.8 Å². The van der Waals surface area contributed by atoms with Gasteiger partial charge in [0.2, 0.25) is 0 Å². The van der Waals surface area contributed by atoms with Gasteiger partial charge in [-0.25, -0.2) is 9.59 Å². The molecule has 0 bridgehead atoms. The van der Waals surface area contributed by atoms with Crippen molar-refractivity contribution in [2.45, 2.75) is 38.5 Å². The number of nitrogens with one attached hydrogen (secondary N) is 1. The second-order valence-electron chi connectivity index (χ2n) is 7.01. The number of ether oxygens (including phenoxy) is 2. The van der Waals surface area contributed by atoms with E-state index in [0.717, 1.165) is 0 Å². The minimum atomic E-state index is -1.19. The van der Waals surface area contributed by atoms with Crippen molar-refractivity contribution in [3.05, 3.63) is 79.9 Å². The number of aliphatic carboxylic acids is 1. The van der Waals surface area contributed by atoms with Gasteiger partial charge in [0.15, 0.2) is 0 Å². The number of nitro groups is 2. The maximum absolute atomic E-state index is 12.5. The largest absolute Gasteiger partial charge is 0.481 e. The number of nitrogens with zero attached hydrogens (tertiary/aromatic N) is 2. The first kappa shape index (κ1) is 25.7. The number of carboxylic acids is 1. The highest BCUT2D eigenvalue weighted by Crippen LogP contribution is 2.14. The van der Waals surface area contributed by atoms with Crippen molar-refractivity contribution in [3.63, 3.8) is 0 Å². The summed E-state index contributed by atoms with van der Waals surface area (Å²) in [6.45, 7) is -0.435. The minimum absolute atomic E-state index is 0.0297. The van der Waals surface area contributed by atoms with E-state index in [-0.39, 0.29) is 43.9 Å². The van der Waals surface area contributed by atoms with Crippen molar-refractivity contribution in [3.8, 4) is 0 Å². The monoisotopic (exact) mass is 475 g/mol. The van der Waals surface area contributed by atoms with Gasteiger partial charge in [0.05, 0.1) is 9.85 Å². The lowest BCUT2D eigenvalue weighted by molar-refractivity contribution is -0.385. The first-order valence-corrected chi connectivity index (χ1v) is 9.94. The molecule has 0 unspecified atom stereocenters. The number of carbonyl (C=O) groups excluding carboxylic acids is 2. The Hall–Kier alpha value is -4.55. The van der Waals surface area contributed by atoms with Gasteiger partial charge in [-0.1, -0.05) is 0 Å². The molecule has 2 rings (SSSR count). The molecule has 0 spiro atoms. The fraction of sp³-hybridized carbons (Fsp3) is 0.286. The van der Waals surface area contributed by atoms with Crippen LogP contribution in [-0.2, 0) is 32.3 Å². The number of rotatable bonds is 12. The zero-order valence-electron chi connectivity index (χ0n) is 17.7. The molecule has 0 aliphatic rings. The molecule has 13 nitrogen and oxygen atoms in total. The van der Waals surface area contributed by atoms with Crippen molar-refractivity contribution in [2.24, 2.45) is 0 Å². The minimum Gasteiger partial charge on any atom is -0.481 e. The van der Waals surface area contributed by atoms with Crippen LogP contribution in [0, 0.1) is 20.2 Å². The average Bonchev–Trinajstić information content (AvgIpc) is 2.80. The number of non-ortho nitro benzene ring substituents is 2. The van der Waals surface area contributed by atoms with Crippen LogP contribution in [0.4, 0.5) is 16.2 Å². The van der Waals surface area contributed by atoms with Crippen LogP contribution in [0.2, 0.25) is 0 Å². The Bertz CT molecular complexity index is 1040. The first-order chi connectivity index (χ1) is 16.2. The third-order valence-electron chi connectivity index (χ3n) is 4.51. The first-order valence-electron chi connectivity index (χ1n) is 9.94. The second kappa shape index (κ2) is 12.5. The molecule has 2 aromatic carbocycles. The van der Waals surface area contributed by atoms with Gasteiger partial charge >= 0.3 is 18.0 Å². The van der Waals surface area contributed by atoms with Gasteiger partial charge in [-0.2, -0.15) is 0 Å². The van der Waals surface area contributed by atoms with Gasteiger partial charge < -0.3 is 19.9 Å². The fourth-order valence-corrected chi connectivity index (χ4v) is 2.72. The Morgan fingerprint density at radius 3 is 1.76 bits per heavy atom. The molecule has 0 aliphatic carbocycles. The molecular formula is C21H21N3O10. The summed E-state index contributed by atoms with van der Waals surface area (Å²) in [4.78, 5) is 55.6. The van der Waals surface area contributed by atoms with Gasteiger partial charge in [-0.15, -0.1) is 0 Å². The molecule has 34 heavy (non-hydrogen) atoms. The predicted octanol–water partition coefficient (Wildman–Crippen LogP) is 3.10. The van der Waals surface area contributed by atoms with Gasteiger partial charge in [0.1, 0.15) is 19.3 Å². The Labute approximate surface area is 192 Å². The molecule has 1 atom stereocenters. The Balaban J connectivity index is 1.93. The smallest absolute Gasteiger partial charge is 0.408 e. The van der Waals surface area contributed by atoms with Gasteiger partial charge in [-0.3, -0.25) is 25.0 Å². The van der Waals surface area contributed by atoms with Crippen molar-refractivity contribution in [2.75, 3.05) is 0 Å². The van der Waals surface area contributed by atoms with Crippen molar-refractivity contribution in [1.82, 2.24) is 5.32 Å². The van der Waals surface area contributed by atoms with E-state index in [0.29, 0.717) is 11.1 Å². The SMILES string of the molecule is O=C(O)CCC[C@H](NC(=O)OCc1ccc([N+](=O)[O-])cc1)C(=O)OCc1ccc([N+](=O)[O-])cc1. The molecule has 2 N–H and O–H groups in total. The molecule has 180 valence electrons.